The summed E-state index contributed by atoms with van der Waals surface area (Å²) in [6.07, 6.45) is 1.25. The van der Waals surface area contributed by atoms with Gasteiger partial charge in [0.2, 0.25) is 0 Å². The zero-order chi connectivity index (χ0) is 2.71. The third-order valence-corrected chi connectivity index (χ3v) is 0. The average molecular weight is 57.1 g/mol. The van der Waals surface area contributed by atoms with Crippen molar-refractivity contribution in [3.05, 3.63) is 12.8 Å². The molecule has 23 valence electrons. The van der Waals surface area contributed by atoms with Crippen LogP contribution >= 0.6 is 0 Å². The van der Waals surface area contributed by atoms with Gasteiger partial charge in [0, 0.05) is 6.15 Å². The van der Waals surface area contributed by atoms with Gasteiger partial charge < -0.3 is 5.73 Å². The maximum absolute atomic E-state index is 4.61. The second-order valence-electron chi connectivity index (χ2n) is 0.236. The van der Waals surface area contributed by atoms with Gasteiger partial charge in [0.1, 0.15) is 0 Å². The fraction of sp³-hybridized carbons (Fsp3) is 0. The van der Waals surface area contributed by atoms with Gasteiger partial charge in [0.25, 0.3) is 0 Å². The van der Waals surface area contributed by atoms with Crippen LogP contribution in [-0.2, 0) is 0 Å². The van der Waals surface area contributed by atoms with E-state index in [1.54, 1.807) is 0 Å². The lowest BCUT2D eigenvalue weighted by Crippen LogP contribution is -1.67. The van der Waals surface area contributed by atoms with Crippen LogP contribution in [-0.4, -0.2) is 0 Å². The van der Waals surface area contributed by atoms with Gasteiger partial charge in [-0.2, -0.15) is 0 Å². The molecular weight excluding hydrogens is 52.0 g/mol. The molecular formula is C2H5N2. The molecule has 0 spiro atoms. The zero-order valence-electron chi connectivity index (χ0n) is 2.31. The van der Waals surface area contributed by atoms with Crippen molar-refractivity contribution in [3.8, 4) is 0 Å². The summed E-state index contributed by atoms with van der Waals surface area (Å²) < 4.78 is 0. The van der Waals surface area contributed by atoms with Gasteiger partial charge in [0.05, 0.1) is 0 Å². The molecule has 2 N–H and O–H groups in total. The van der Waals surface area contributed by atoms with Crippen LogP contribution < -0.4 is 11.9 Å². The summed E-state index contributed by atoms with van der Waals surface area (Å²) in [5.41, 5.74) is 4.61. The van der Waals surface area contributed by atoms with Crippen molar-refractivity contribution in [2.45, 2.75) is 0 Å². The van der Waals surface area contributed by atoms with E-state index in [1.807, 2.05) is 0 Å². The highest BCUT2D eigenvalue weighted by atomic mass is 14.5. The van der Waals surface area contributed by atoms with Crippen LogP contribution in [0.1, 0.15) is 0 Å². The normalized spacial score (nSPS) is 3.00. The maximum Gasteiger partial charge on any atom is 0 e. The van der Waals surface area contributed by atoms with Gasteiger partial charge in [-0.15, -0.1) is 0 Å². The molecule has 0 saturated carbocycles. The predicted octanol–water partition coefficient (Wildman–Crippen LogP) is -0.392. The van der Waals surface area contributed by atoms with Crippen LogP contribution in [0.25, 0.3) is 0 Å². The summed E-state index contributed by atoms with van der Waals surface area (Å²) >= 11 is 0. The molecule has 3 radical (unpaired) electrons. The van der Waals surface area contributed by atoms with Gasteiger partial charge in [-0.25, -0.2) is 0 Å². The number of hydrogen-bond donors (Lipinski definition) is 1. The van der Waals surface area contributed by atoms with Gasteiger partial charge >= 0.3 is 0 Å². The second-order valence-corrected chi connectivity index (χ2v) is 0.236. The average Bonchev–Trinajstić information content (AvgIpc) is 0.918. The molecule has 0 aliphatic rings. The molecule has 0 rings (SSSR count). The molecule has 0 aromatic heterocycles. The van der Waals surface area contributed by atoms with E-state index in [1.165, 1.54) is 6.20 Å². The zero-order valence-corrected chi connectivity index (χ0v) is 2.31. The van der Waals surface area contributed by atoms with Crippen molar-refractivity contribution in [3.63, 3.8) is 0 Å². The first-order chi connectivity index (χ1) is 1.41. The number of hydrogen-bond acceptors (Lipinski definition) is 1. The van der Waals surface area contributed by atoms with Crippen molar-refractivity contribution in [2.75, 3.05) is 0 Å². The van der Waals surface area contributed by atoms with Gasteiger partial charge in [-0.3, -0.25) is 0 Å². The molecule has 0 fully saturated rings. The maximum atomic E-state index is 4.61. The first-order valence-corrected chi connectivity index (χ1v) is 0.742. The molecule has 4 heavy (non-hydrogen) atoms. The largest absolute Gasteiger partial charge is 0.405 e. The van der Waals surface area contributed by atoms with E-state index in [2.05, 4.69) is 12.3 Å². The Balaban J connectivity index is 0. The van der Waals surface area contributed by atoms with Crippen LogP contribution in [0, 0.1) is 0 Å². The molecule has 0 aromatic rings. The van der Waals surface area contributed by atoms with E-state index in [0.29, 0.717) is 0 Å². The van der Waals surface area contributed by atoms with E-state index in [9.17, 15) is 0 Å². The van der Waals surface area contributed by atoms with Gasteiger partial charge in [-0.05, 0) is 6.20 Å². The molecule has 0 bridgehead atoms. The summed E-state index contributed by atoms with van der Waals surface area (Å²) in [5.74, 6) is 0. The minimum atomic E-state index is 0. The molecule has 2 nitrogen and oxygen atoms in total. The smallest absolute Gasteiger partial charge is 0 e. The summed E-state index contributed by atoms with van der Waals surface area (Å²) in [6.45, 7) is 3.14. The third kappa shape index (κ3) is 1.50. The quantitative estimate of drug-likeness (QED) is 0.404. The Morgan fingerprint density at radius 2 is 1.75 bits per heavy atom. The van der Waals surface area contributed by atoms with Crippen LogP contribution in [0.2, 0.25) is 0 Å². The summed E-state index contributed by atoms with van der Waals surface area (Å²) in [7, 11) is 0. The molecule has 0 saturated heterocycles. The van der Waals surface area contributed by atoms with Crippen LogP contribution in [0.5, 0.6) is 0 Å². The first kappa shape index (κ1) is 9.72. The number of rotatable bonds is 0. The molecule has 0 aliphatic heterocycles. The standard InChI is InChI=1S/C2H5N.N/c1-2-3;/h2H,1,3H2;. The van der Waals surface area contributed by atoms with Crippen molar-refractivity contribution >= 4 is 0 Å². The molecule has 0 unspecified atom stereocenters. The highest BCUT2D eigenvalue weighted by molar-refractivity contribution is 4.48. The van der Waals surface area contributed by atoms with Crippen LogP contribution in [0.4, 0.5) is 0 Å². The van der Waals surface area contributed by atoms with Crippen LogP contribution in [0.15, 0.2) is 12.8 Å². The molecule has 0 aliphatic carbocycles. The van der Waals surface area contributed by atoms with Crippen molar-refractivity contribution in [1.82, 2.24) is 6.15 Å². The van der Waals surface area contributed by atoms with Crippen molar-refractivity contribution in [2.24, 2.45) is 5.73 Å². The van der Waals surface area contributed by atoms with E-state index in [0.717, 1.165) is 0 Å². The van der Waals surface area contributed by atoms with Gasteiger partial charge in [0.15, 0.2) is 0 Å². The topological polar surface area (TPSA) is 56.5 Å². The van der Waals surface area contributed by atoms with E-state index in [4.69, 9.17) is 0 Å². The first-order valence-electron chi connectivity index (χ1n) is 0.742. The summed E-state index contributed by atoms with van der Waals surface area (Å²) in [5, 5.41) is 0. The molecule has 2 heteroatoms. The monoisotopic (exact) mass is 57.0 g/mol. The Morgan fingerprint density at radius 1 is 1.75 bits per heavy atom. The predicted molar refractivity (Wildman–Crippen MR) is 16.5 cm³/mol. The SMILES string of the molecule is C=CN.[N]. The number of nitrogens with zero attached hydrogens (tertiary/aromatic N) is 1. The lowest BCUT2D eigenvalue weighted by molar-refractivity contribution is 1.64. The van der Waals surface area contributed by atoms with Crippen molar-refractivity contribution < 1.29 is 0 Å². The lowest BCUT2D eigenvalue weighted by atomic mass is 11.1. The molecule has 0 amide bonds. The Kier molecular flexibility index (Phi) is 54.7. The fourth-order valence-electron chi connectivity index (χ4n) is 0. The van der Waals surface area contributed by atoms with Crippen molar-refractivity contribution in [1.29, 1.82) is 0 Å². The summed E-state index contributed by atoms with van der Waals surface area (Å²) in [4.78, 5) is 0. The Morgan fingerprint density at radius 3 is 1.75 bits per heavy atom. The second kappa shape index (κ2) is 22.5. The third-order valence-electron chi connectivity index (χ3n) is 0. The van der Waals surface area contributed by atoms with E-state index >= 15 is 0 Å². The number of nitrogens with two attached hydrogens (primary N) is 1. The minimum Gasteiger partial charge on any atom is -0.405 e. The summed E-state index contributed by atoms with van der Waals surface area (Å²) in [6, 6.07) is 0. The Labute approximate surface area is 25.9 Å². The molecule has 0 heterocycles. The molecule has 0 atom stereocenters. The Hall–Kier alpha value is -0.500. The van der Waals surface area contributed by atoms with Gasteiger partial charge in [-0.1, -0.05) is 6.58 Å². The van der Waals surface area contributed by atoms with Crippen LogP contribution in [0.3, 0.4) is 0 Å². The highest BCUT2D eigenvalue weighted by Crippen LogP contribution is 1.13. The fourth-order valence-corrected chi connectivity index (χ4v) is 0. The molecule has 0 aromatic carbocycles. The van der Waals surface area contributed by atoms with E-state index in [-0.39, 0.29) is 6.15 Å². The minimum absolute atomic E-state index is 0. The van der Waals surface area contributed by atoms with E-state index < -0.39 is 0 Å². The Bertz CT molecular complexity index is 11.5. The lowest BCUT2D eigenvalue weighted by Gasteiger charge is -1.40. The highest BCUT2D eigenvalue weighted by Gasteiger charge is 1.09.